The molecule has 2 heterocycles. The Morgan fingerprint density at radius 2 is 2.25 bits per heavy atom. The molecule has 2 aromatic heterocycles. The van der Waals surface area contributed by atoms with Crippen LogP contribution in [0.5, 0.6) is 0 Å². The van der Waals surface area contributed by atoms with Crippen LogP contribution in [0.3, 0.4) is 0 Å². The summed E-state index contributed by atoms with van der Waals surface area (Å²) < 4.78 is 2.39. The van der Waals surface area contributed by atoms with Gasteiger partial charge in [0.25, 0.3) is 5.56 Å². The molecule has 2 aliphatic carbocycles. The molecular weight excluding hydrogens is 288 g/mol. The van der Waals surface area contributed by atoms with Crippen molar-refractivity contribution in [2.24, 2.45) is 11.8 Å². The fraction of sp³-hybridized carbons (Fsp3) is 0.600. The molecule has 2 aromatic rings. The molecule has 0 saturated heterocycles. The summed E-state index contributed by atoms with van der Waals surface area (Å²) in [4.78, 5) is 18.5. The highest BCUT2D eigenvalue weighted by Gasteiger charge is 2.29. The quantitative estimate of drug-likeness (QED) is 0.879. The van der Waals surface area contributed by atoms with Crippen molar-refractivity contribution in [3.05, 3.63) is 25.6 Å². The summed E-state index contributed by atoms with van der Waals surface area (Å²) >= 11 is 7.14. The van der Waals surface area contributed by atoms with Crippen molar-refractivity contribution in [1.82, 2.24) is 9.55 Å². The zero-order chi connectivity index (χ0) is 13.9. The van der Waals surface area contributed by atoms with Crippen molar-refractivity contribution in [3.63, 3.8) is 0 Å². The number of thiophene rings is 1. The summed E-state index contributed by atoms with van der Waals surface area (Å²) in [6.45, 7) is 3.00. The largest absolute Gasteiger partial charge is 0.323 e. The van der Waals surface area contributed by atoms with Gasteiger partial charge in [-0.1, -0.05) is 6.92 Å². The molecule has 20 heavy (non-hydrogen) atoms. The highest BCUT2D eigenvalue weighted by molar-refractivity contribution is 7.71. The Kier molecular flexibility index (Phi) is 2.89. The molecule has 2 aliphatic rings. The predicted molar refractivity (Wildman–Crippen MR) is 85.2 cm³/mol. The lowest BCUT2D eigenvalue weighted by molar-refractivity contribution is 0.419. The molecule has 1 saturated carbocycles. The number of nitrogens with one attached hydrogen (secondary N) is 1. The van der Waals surface area contributed by atoms with Crippen LogP contribution >= 0.6 is 23.6 Å². The van der Waals surface area contributed by atoms with E-state index in [1.165, 1.54) is 29.7 Å². The Hall–Kier alpha value is -0.940. The van der Waals surface area contributed by atoms with Gasteiger partial charge in [-0.05, 0) is 61.7 Å². The van der Waals surface area contributed by atoms with Crippen LogP contribution in [0.4, 0.5) is 0 Å². The summed E-state index contributed by atoms with van der Waals surface area (Å²) in [6, 6.07) is 0. The molecule has 0 aromatic carbocycles. The van der Waals surface area contributed by atoms with Crippen molar-refractivity contribution >= 4 is 33.8 Å². The van der Waals surface area contributed by atoms with Gasteiger partial charge in [0.15, 0.2) is 4.77 Å². The molecule has 1 fully saturated rings. The third kappa shape index (κ3) is 1.91. The topological polar surface area (TPSA) is 37.8 Å². The SMILES string of the molecule is CC(Cn1c(=S)[nH]c2sc3c(c2c1=O)CCC3)C1CC1. The first kappa shape index (κ1) is 12.8. The van der Waals surface area contributed by atoms with Gasteiger partial charge in [-0.15, -0.1) is 11.3 Å². The highest BCUT2D eigenvalue weighted by atomic mass is 32.1. The first-order chi connectivity index (χ1) is 9.65. The molecule has 1 N–H and O–H groups in total. The van der Waals surface area contributed by atoms with E-state index in [-0.39, 0.29) is 5.56 Å². The third-order valence-corrected chi connectivity index (χ3v) is 6.27. The van der Waals surface area contributed by atoms with E-state index in [2.05, 4.69) is 11.9 Å². The van der Waals surface area contributed by atoms with Gasteiger partial charge in [-0.2, -0.15) is 0 Å². The fourth-order valence-corrected chi connectivity index (χ4v) is 4.98. The number of aromatic nitrogens is 2. The smallest absolute Gasteiger partial charge is 0.263 e. The van der Waals surface area contributed by atoms with E-state index in [4.69, 9.17) is 12.2 Å². The van der Waals surface area contributed by atoms with E-state index >= 15 is 0 Å². The number of hydrogen-bond acceptors (Lipinski definition) is 3. The number of H-pyrrole nitrogens is 1. The minimum absolute atomic E-state index is 0.135. The van der Waals surface area contributed by atoms with Gasteiger partial charge < -0.3 is 4.98 Å². The number of rotatable bonds is 3. The average Bonchev–Trinajstić information content (AvgIpc) is 3.07. The summed E-state index contributed by atoms with van der Waals surface area (Å²) in [6.07, 6.45) is 5.97. The van der Waals surface area contributed by atoms with E-state index in [0.29, 0.717) is 10.7 Å². The number of aromatic amines is 1. The summed E-state index contributed by atoms with van der Waals surface area (Å²) in [5, 5.41) is 0.916. The molecule has 0 bridgehead atoms. The van der Waals surface area contributed by atoms with E-state index in [0.717, 1.165) is 35.5 Å². The van der Waals surface area contributed by atoms with Crippen LogP contribution in [0.2, 0.25) is 0 Å². The summed E-state index contributed by atoms with van der Waals surface area (Å²) in [5.41, 5.74) is 1.42. The number of fused-ring (bicyclic) bond motifs is 3. The van der Waals surface area contributed by atoms with Gasteiger partial charge in [-0.25, -0.2) is 0 Å². The van der Waals surface area contributed by atoms with Crippen LogP contribution in [0, 0.1) is 16.6 Å². The minimum atomic E-state index is 0.135. The lowest BCUT2D eigenvalue weighted by atomic mass is 10.1. The predicted octanol–water partition coefficient (Wildman–Crippen LogP) is 3.66. The van der Waals surface area contributed by atoms with Gasteiger partial charge in [0.2, 0.25) is 0 Å². The maximum Gasteiger partial charge on any atom is 0.263 e. The van der Waals surface area contributed by atoms with Crippen LogP contribution in [0.15, 0.2) is 4.79 Å². The Bertz CT molecular complexity index is 795. The van der Waals surface area contributed by atoms with Crippen LogP contribution < -0.4 is 5.56 Å². The van der Waals surface area contributed by atoms with Crippen LogP contribution in [-0.2, 0) is 19.4 Å². The Balaban J connectivity index is 1.88. The van der Waals surface area contributed by atoms with Crippen molar-refractivity contribution in [2.45, 2.75) is 45.6 Å². The summed E-state index contributed by atoms with van der Waals surface area (Å²) in [5.74, 6) is 1.34. The molecule has 5 heteroatoms. The zero-order valence-corrected chi connectivity index (χ0v) is 13.2. The molecule has 4 rings (SSSR count). The maximum atomic E-state index is 12.8. The number of nitrogens with zero attached hydrogens (tertiary/aromatic N) is 1. The molecule has 0 aliphatic heterocycles. The first-order valence-corrected chi connectivity index (χ1v) is 8.65. The summed E-state index contributed by atoms with van der Waals surface area (Å²) in [7, 11) is 0. The van der Waals surface area contributed by atoms with E-state index < -0.39 is 0 Å². The molecule has 1 atom stereocenters. The van der Waals surface area contributed by atoms with Crippen LogP contribution in [-0.4, -0.2) is 9.55 Å². The molecule has 106 valence electrons. The minimum Gasteiger partial charge on any atom is -0.323 e. The van der Waals surface area contributed by atoms with Gasteiger partial charge in [0.05, 0.1) is 5.39 Å². The molecule has 1 unspecified atom stereocenters. The molecule has 0 spiro atoms. The Morgan fingerprint density at radius 3 is 3.00 bits per heavy atom. The monoisotopic (exact) mass is 306 g/mol. The second-order valence-electron chi connectivity index (χ2n) is 6.22. The van der Waals surface area contributed by atoms with Gasteiger partial charge >= 0.3 is 0 Å². The molecular formula is C15H18N2OS2. The van der Waals surface area contributed by atoms with E-state index in [1.807, 2.05) is 0 Å². The first-order valence-electron chi connectivity index (χ1n) is 7.42. The second-order valence-corrected chi connectivity index (χ2v) is 7.71. The third-order valence-electron chi connectivity index (χ3n) is 4.74. The standard InChI is InChI=1S/C15H18N2OS2/c1-8(9-5-6-9)7-17-14(18)12-10-3-2-4-11(10)20-13(12)16-15(17)19/h8-9H,2-7H2,1H3,(H,16,19). The normalized spacial score (nSPS) is 19.4. The lowest BCUT2D eigenvalue weighted by Crippen LogP contribution is -2.25. The average molecular weight is 306 g/mol. The van der Waals surface area contributed by atoms with E-state index in [1.54, 1.807) is 15.9 Å². The van der Waals surface area contributed by atoms with Crippen LogP contribution in [0.1, 0.15) is 36.6 Å². The van der Waals surface area contributed by atoms with Crippen molar-refractivity contribution < 1.29 is 0 Å². The number of hydrogen-bond donors (Lipinski definition) is 1. The van der Waals surface area contributed by atoms with Crippen molar-refractivity contribution in [2.75, 3.05) is 0 Å². The van der Waals surface area contributed by atoms with Crippen molar-refractivity contribution in [3.8, 4) is 0 Å². The molecule has 3 nitrogen and oxygen atoms in total. The number of aryl methyl sites for hydroxylation is 2. The van der Waals surface area contributed by atoms with Crippen LogP contribution in [0.25, 0.3) is 10.2 Å². The molecule has 0 radical (unpaired) electrons. The maximum absolute atomic E-state index is 12.8. The second kappa shape index (κ2) is 4.53. The Morgan fingerprint density at radius 1 is 1.45 bits per heavy atom. The Labute approximate surface area is 126 Å². The van der Waals surface area contributed by atoms with Gasteiger partial charge in [0.1, 0.15) is 4.83 Å². The lowest BCUT2D eigenvalue weighted by Gasteiger charge is -2.12. The van der Waals surface area contributed by atoms with Gasteiger partial charge in [-0.3, -0.25) is 9.36 Å². The fourth-order valence-electron chi connectivity index (χ4n) is 3.38. The zero-order valence-electron chi connectivity index (χ0n) is 11.6. The molecule has 0 amide bonds. The van der Waals surface area contributed by atoms with Crippen molar-refractivity contribution in [1.29, 1.82) is 0 Å². The van der Waals surface area contributed by atoms with Gasteiger partial charge in [0, 0.05) is 11.4 Å². The highest BCUT2D eigenvalue weighted by Crippen LogP contribution is 2.38. The van der Waals surface area contributed by atoms with E-state index in [9.17, 15) is 4.79 Å².